The SMILES string of the molecule is CCC1CCC(C(NN)c2ccc(F)cc2Br)CC1. The highest BCUT2D eigenvalue weighted by Gasteiger charge is 2.28. The van der Waals surface area contributed by atoms with E-state index in [4.69, 9.17) is 5.84 Å². The Balaban J connectivity index is 2.12. The molecule has 0 heterocycles. The van der Waals surface area contributed by atoms with Crippen molar-refractivity contribution >= 4 is 15.9 Å². The second-order valence-corrected chi connectivity index (χ2v) is 6.35. The molecule has 0 aliphatic heterocycles. The molecule has 0 aromatic heterocycles. The van der Waals surface area contributed by atoms with E-state index >= 15 is 0 Å². The zero-order valence-electron chi connectivity index (χ0n) is 11.3. The van der Waals surface area contributed by atoms with Crippen LogP contribution in [0.1, 0.15) is 50.6 Å². The summed E-state index contributed by atoms with van der Waals surface area (Å²) < 4.78 is 14.0. The van der Waals surface area contributed by atoms with E-state index < -0.39 is 0 Å². The topological polar surface area (TPSA) is 38.0 Å². The Hall–Kier alpha value is -0.450. The lowest BCUT2D eigenvalue weighted by Crippen LogP contribution is -2.35. The second-order valence-electron chi connectivity index (χ2n) is 5.50. The second kappa shape index (κ2) is 6.82. The van der Waals surface area contributed by atoms with Crippen molar-refractivity contribution in [2.45, 2.75) is 45.1 Å². The maximum atomic E-state index is 13.2. The van der Waals surface area contributed by atoms with Gasteiger partial charge in [0.05, 0.1) is 0 Å². The van der Waals surface area contributed by atoms with Crippen molar-refractivity contribution in [3.63, 3.8) is 0 Å². The van der Waals surface area contributed by atoms with Gasteiger partial charge in [0.1, 0.15) is 5.82 Å². The highest BCUT2D eigenvalue weighted by Crippen LogP contribution is 2.39. The van der Waals surface area contributed by atoms with Gasteiger partial charge in [0, 0.05) is 10.5 Å². The van der Waals surface area contributed by atoms with Crippen molar-refractivity contribution in [1.82, 2.24) is 5.43 Å². The molecule has 1 unspecified atom stereocenters. The molecule has 0 radical (unpaired) electrons. The van der Waals surface area contributed by atoms with Crippen LogP contribution in [-0.2, 0) is 0 Å². The van der Waals surface area contributed by atoms with Crippen LogP contribution < -0.4 is 11.3 Å². The van der Waals surface area contributed by atoms with Gasteiger partial charge in [-0.15, -0.1) is 0 Å². The van der Waals surface area contributed by atoms with E-state index in [2.05, 4.69) is 28.3 Å². The molecule has 1 fully saturated rings. The average molecular weight is 329 g/mol. The summed E-state index contributed by atoms with van der Waals surface area (Å²) in [4.78, 5) is 0. The largest absolute Gasteiger partial charge is 0.271 e. The number of hydrazine groups is 1. The Kier molecular flexibility index (Phi) is 5.37. The maximum Gasteiger partial charge on any atom is 0.124 e. The van der Waals surface area contributed by atoms with Gasteiger partial charge in [-0.3, -0.25) is 11.3 Å². The van der Waals surface area contributed by atoms with E-state index in [-0.39, 0.29) is 11.9 Å². The van der Waals surface area contributed by atoms with Crippen LogP contribution in [0.2, 0.25) is 0 Å². The van der Waals surface area contributed by atoms with E-state index in [1.54, 1.807) is 0 Å². The van der Waals surface area contributed by atoms with Crippen LogP contribution in [0.25, 0.3) is 0 Å². The van der Waals surface area contributed by atoms with Gasteiger partial charge in [0.15, 0.2) is 0 Å². The summed E-state index contributed by atoms with van der Waals surface area (Å²) in [6.07, 6.45) is 6.21. The molecular formula is C15H22BrFN2. The Morgan fingerprint density at radius 2 is 2.05 bits per heavy atom. The van der Waals surface area contributed by atoms with Crippen LogP contribution in [0, 0.1) is 17.7 Å². The molecule has 2 nitrogen and oxygen atoms in total. The van der Waals surface area contributed by atoms with Gasteiger partial charge in [-0.2, -0.15) is 0 Å². The minimum Gasteiger partial charge on any atom is -0.271 e. The van der Waals surface area contributed by atoms with E-state index in [0.717, 1.165) is 16.0 Å². The van der Waals surface area contributed by atoms with Crippen molar-refractivity contribution in [3.05, 3.63) is 34.1 Å². The molecule has 106 valence electrons. The van der Waals surface area contributed by atoms with Gasteiger partial charge >= 0.3 is 0 Å². The quantitative estimate of drug-likeness (QED) is 0.638. The van der Waals surface area contributed by atoms with Crippen LogP contribution >= 0.6 is 15.9 Å². The third-order valence-corrected chi connectivity index (χ3v) is 5.10. The molecule has 0 saturated heterocycles. The van der Waals surface area contributed by atoms with Gasteiger partial charge < -0.3 is 0 Å². The monoisotopic (exact) mass is 328 g/mol. The summed E-state index contributed by atoms with van der Waals surface area (Å²) >= 11 is 3.45. The predicted octanol–water partition coefficient (Wildman–Crippen LogP) is 4.31. The number of hydrogen-bond acceptors (Lipinski definition) is 2. The molecule has 4 heteroatoms. The lowest BCUT2D eigenvalue weighted by Gasteiger charge is -2.34. The first kappa shape index (κ1) is 14.9. The van der Waals surface area contributed by atoms with Crippen LogP contribution in [0.3, 0.4) is 0 Å². The van der Waals surface area contributed by atoms with E-state index in [9.17, 15) is 4.39 Å². The molecule has 2 rings (SSSR count). The van der Waals surface area contributed by atoms with Gasteiger partial charge in [-0.05, 0) is 42.4 Å². The van der Waals surface area contributed by atoms with Gasteiger partial charge in [-0.25, -0.2) is 4.39 Å². The standard InChI is InChI=1S/C15H22BrFN2/c1-2-10-3-5-11(6-4-10)15(19-18)13-8-7-12(17)9-14(13)16/h7-11,15,19H,2-6,18H2,1H3. The number of nitrogens with two attached hydrogens (primary N) is 1. The Bertz CT molecular complexity index is 417. The Labute approximate surface area is 123 Å². The van der Waals surface area contributed by atoms with Crippen LogP contribution in [0.5, 0.6) is 0 Å². The van der Waals surface area contributed by atoms with Crippen molar-refractivity contribution in [3.8, 4) is 0 Å². The normalized spacial score (nSPS) is 25.3. The highest BCUT2D eigenvalue weighted by molar-refractivity contribution is 9.10. The van der Waals surface area contributed by atoms with Crippen molar-refractivity contribution in [2.75, 3.05) is 0 Å². The highest BCUT2D eigenvalue weighted by atomic mass is 79.9. The fourth-order valence-electron chi connectivity index (χ4n) is 3.16. The van der Waals surface area contributed by atoms with E-state index in [1.165, 1.54) is 44.2 Å². The molecule has 0 amide bonds. The summed E-state index contributed by atoms with van der Waals surface area (Å²) in [5.41, 5.74) is 3.99. The molecular weight excluding hydrogens is 307 g/mol. The molecule has 0 spiro atoms. The summed E-state index contributed by atoms with van der Waals surface area (Å²) in [6.45, 7) is 2.26. The minimum absolute atomic E-state index is 0.104. The molecule has 0 bridgehead atoms. The first-order valence-corrected chi connectivity index (χ1v) is 7.86. The van der Waals surface area contributed by atoms with Crippen LogP contribution in [0.15, 0.2) is 22.7 Å². The number of benzene rings is 1. The summed E-state index contributed by atoms with van der Waals surface area (Å²) in [6, 6.07) is 4.95. The zero-order chi connectivity index (χ0) is 13.8. The van der Waals surface area contributed by atoms with Crippen LogP contribution in [-0.4, -0.2) is 0 Å². The molecule has 1 saturated carbocycles. The number of rotatable bonds is 4. The molecule has 1 atom stereocenters. The van der Waals surface area contributed by atoms with Crippen molar-refractivity contribution in [1.29, 1.82) is 0 Å². The smallest absolute Gasteiger partial charge is 0.124 e. The van der Waals surface area contributed by atoms with Gasteiger partial charge in [0.25, 0.3) is 0 Å². The lowest BCUT2D eigenvalue weighted by molar-refractivity contribution is 0.219. The molecule has 3 N–H and O–H groups in total. The minimum atomic E-state index is -0.221. The Morgan fingerprint density at radius 3 is 2.58 bits per heavy atom. The summed E-state index contributed by atoms with van der Waals surface area (Å²) in [5.74, 6) is 6.93. The fourth-order valence-corrected chi connectivity index (χ4v) is 3.76. The molecule has 19 heavy (non-hydrogen) atoms. The lowest BCUT2D eigenvalue weighted by atomic mass is 9.76. The molecule has 1 aromatic carbocycles. The van der Waals surface area contributed by atoms with Crippen molar-refractivity contribution in [2.24, 2.45) is 17.7 Å². The third kappa shape index (κ3) is 3.56. The Morgan fingerprint density at radius 1 is 1.37 bits per heavy atom. The van der Waals surface area contributed by atoms with Crippen LogP contribution in [0.4, 0.5) is 4.39 Å². The van der Waals surface area contributed by atoms with Crippen molar-refractivity contribution < 1.29 is 4.39 Å². The maximum absolute atomic E-state index is 13.2. The molecule has 1 aliphatic carbocycles. The van der Waals surface area contributed by atoms with Gasteiger partial charge in [-0.1, -0.05) is 48.2 Å². The predicted molar refractivity (Wildman–Crippen MR) is 79.9 cm³/mol. The third-order valence-electron chi connectivity index (χ3n) is 4.42. The van der Waals surface area contributed by atoms with E-state index in [1.807, 2.05) is 6.07 Å². The van der Waals surface area contributed by atoms with E-state index in [0.29, 0.717) is 5.92 Å². The summed E-state index contributed by atoms with van der Waals surface area (Å²) in [7, 11) is 0. The number of nitrogens with one attached hydrogen (secondary N) is 1. The molecule has 1 aromatic rings. The summed E-state index contributed by atoms with van der Waals surface area (Å²) in [5, 5.41) is 0. The first-order chi connectivity index (χ1) is 9.15. The zero-order valence-corrected chi connectivity index (χ0v) is 12.9. The first-order valence-electron chi connectivity index (χ1n) is 7.06. The fraction of sp³-hybridized carbons (Fsp3) is 0.600. The number of hydrogen-bond donors (Lipinski definition) is 2. The molecule has 1 aliphatic rings. The average Bonchev–Trinajstić information content (AvgIpc) is 2.42. The number of halogens is 2. The van der Waals surface area contributed by atoms with Gasteiger partial charge in [0.2, 0.25) is 0 Å².